The lowest BCUT2D eigenvalue weighted by Gasteiger charge is -2.15. The molecule has 1 unspecified atom stereocenters. The van der Waals surface area contributed by atoms with Crippen LogP contribution in [-0.2, 0) is 6.61 Å². The first-order chi connectivity index (χ1) is 10.1. The van der Waals surface area contributed by atoms with Gasteiger partial charge in [-0.3, -0.25) is 0 Å². The molecule has 1 atom stereocenters. The monoisotopic (exact) mass is 287 g/mol. The van der Waals surface area contributed by atoms with Crippen LogP contribution in [0.15, 0.2) is 42.5 Å². The van der Waals surface area contributed by atoms with Gasteiger partial charge in [0.1, 0.15) is 18.2 Å². The van der Waals surface area contributed by atoms with Gasteiger partial charge in [-0.05, 0) is 61.3 Å². The molecule has 0 radical (unpaired) electrons. The highest BCUT2D eigenvalue weighted by atomic mass is 19.1. The Morgan fingerprint density at radius 2 is 1.86 bits per heavy atom. The molecular formula is C18H22FNO. The van der Waals surface area contributed by atoms with E-state index in [1.807, 2.05) is 26.1 Å². The molecule has 0 saturated heterocycles. The topological polar surface area (TPSA) is 21.3 Å². The molecule has 0 aliphatic heterocycles. The Morgan fingerprint density at radius 3 is 2.48 bits per heavy atom. The Balaban J connectivity index is 2.02. The number of hydrogen-bond donors (Lipinski definition) is 1. The van der Waals surface area contributed by atoms with E-state index in [0.717, 1.165) is 23.3 Å². The average molecular weight is 287 g/mol. The molecule has 0 bridgehead atoms. The Hall–Kier alpha value is -1.87. The van der Waals surface area contributed by atoms with E-state index < -0.39 is 0 Å². The summed E-state index contributed by atoms with van der Waals surface area (Å²) < 4.78 is 19.0. The number of hydrogen-bond acceptors (Lipinski definition) is 2. The molecule has 2 aromatic carbocycles. The molecule has 0 aliphatic carbocycles. The number of rotatable bonds is 6. The minimum atomic E-state index is -0.227. The molecule has 0 spiro atoms. The van der Waals surface area contributed by atoms with E-state index in [1.165, 1.54) is 17.7 Å². The third kappa shape index (κ3) is 4.05. The smallest absolute Gasteiger partial charge is 0.123 e. The van der Waals surface area contributed by atoms with E-state index >= 15 is 0 Å². The van der Waals surface area contributed by atoms with Gasteiger partial charge in [-0.25, -0.2) is 4.39 Å². The zero-order valence-corrected chi connectivity index (χ0v) is 12.8. The molecule has 21 heavy (non-hydrogen) atoms. The summed E-state index contributed by atoms with van der Waals surface area (Å²) in [5.41, 5.74) is 3.16. The molecule has 1 N–H and O–H groups in total. The second kappa shape index (κ2) is 7.23. The second-order valence-electron chi connectivity index (χ2n) is 5.18. The first kappa shape index (κ1) is 15.5. The van der Waals surface area contributed by atoms with Crippen LogP contribution in [0.2, 0.25) is 0 Å². The van der Waals surface area contributed by atoms with Crippen molar-refractivity contribution in [3.05, 3.63) is 65.0 Å². The van der Waals surface area contributed by atoms with Crippen LogP contribution in [0.3, 0.4) is 0 Å². The minimum Gasteiger partial charge on any atom is -0.489 e. The largest absolute Gasteiger partial charge is 0.489 e. The van der Waals surface area contributed by atoms with Crippen LogP contribution in [0.4, 0.5) is 4.39 Å². The van der Waals surface area contributed by atoms with Gasteiger partial charge in [0.05, 0.1) is 0 Å². The summed E-state index contributed by atoms with van der Waals surface area (Å²) >= 11 is 0. The van der Waals surface area contributed by atoms with Gasteiger partial charge in [-0.1, -0.05) is 25.1 Å². The van der Waals surface area contributed by atoms with Gasteiger partial charge in [0.25, 0.3) is 0 Å². The van der Waals surface area contributed by atoms with Crippen LogP contribution in [0.1, 0.15) is 36.1 Å². The molecular weight excluding hydrogens is 265 g/mol. The Kier molecular flexibility index (Phi) is 5.34. The maximum atomic E-state index is 13.2. The maximum absolute atomic E-state index is 13.2. The number of ether oxygens (including phenoxy) is 1. The fourth-order valence-electron chi connectivity index (χ4n) is 2.36. The summed E-state index contributed by atoms with van der Waals surface area (Å²) in [6.07, 6.45) is 1.04. The van der Waals surface area contributed by atoms with E-state index in [9.17, 15) is 4.39 Å². The lowest BCUT2D eigenvalue weighted by atomic mass is 10.0. The first-order valence-electron chi connectivity index (χ1n) is 7.29. The van der Waals surface area contributed by atoms with Crippen LogP contribution in [0.5, 0.6) is 5.75 Å². The van der Waals surface area contributed by atoms with Crippen molar-refractivity contribution < 1.29 is 9.13 Å². The number of benzene rings is 2. The van der Waals surface area contributed by atoms with Gasteiger partial charge in [0.2, 0.25) is 0 Å². The van der Waals surface area contributed by atoms with Crippen molar-refractivity contribution in [2.75, 3.05) is 7.05 Å². The molecule has 112 valence electrons. The zero-order chi connectivity index (χ0) is 15.2. The molecule has 0 fully saturated rings. The molecule has 0 aliphatic rings. The van der Waals surface area contributed by atoms with Gasteiger partial charge >= 0.3 is 0 Å². The molecule has 2 aromatic rings. The van der Waals surface area contributed by atoms with E-state index in [0.29, 0.717) is 12.6 Å². The summed E-state index contributed by atoms with van der Waals surface area (Å²) in [4.78, 5) is 0. The molecule has 0 heterocycles. The Bertz CT molecular complexity index is 576. The summed E-state index contributed by atoms with van der Waals surface area (Å²) in [6, 6.07) is 13.2. The van der Waals surface area contributed by atoms with Gasteiger partial charge in [0, 0.05) is 6.04 Å². The minimum absolute atomic E-state index is 0.227. The highest BCUT2D eigenvalue weighted by Crippen LogP contribution is 2.21. The summed E-state index contributed by atoms with van der Waals surface area (Å²) in [7, 11) is 1.96. The van der Waals surface area contributed by atoms with Gasteiger partial charge in [0.15, 0.2) is 0 Å². The lowest BCUT2D eigenvalue weighted by Crippen LogP contribution is -2.14. The first-order valence-corrected chi connectivity index (χ1v) is 7.29. The van der Waals surface area contributed by atoms with Crippen molar-refractivity contribution in [3.63, 3.8) is 0 Å². The van der Waals surface area contributed by atoms with Crippen LogP contribution in [-0.4, -0.2) is 7.05 Å². The van der Waals surface area contributed by atoms with Crippen LogP contribution in [0, 0.1) is 12.7 Å². The van der Waals surface area contributed by atoms with Crippen molar-refractivity contribution in [3.8, 4) is 5.75 Å². The zero-order valence-electron chi connectivity index (χ0n) is 12.8. The quantitative estimate of drug-likeness (QED) is 0.851. The number of aryl methyl sites for hydroxylation is 1. The Morgan fingerprint density at radius 1 is 1.14 bits per heavy atom. The fourth-order valence-corrected chi connectivity index (χ4v) is 2.36. The average Bonchev–Trinajstić information content (AvgIpc) is 2.51. The van der Waals surface area contributed by atoms with E-state index in [4.69, 9.17) is 4.74 Å². The summed E-state index contributed by atoms with van der Waals surface area (Å²) in [6.45, 7) is 4.49. The van der Waals surface area contributed by atoms with Crippen molar-refractivity contribution in [1.29, 1.82) is 0 Å². The van der Waals surface area contributed by atoms with Crippen LogP contribution >= 0.6 is 0 Å². The predicted octanol–water partition coefficient (Wildman–Crippen LogP) is 4.38. The van der Waals surface area contributed by atoms with E-state index in [-0.39, 0.29) is 5.82 Å². The highest BCUT2D eigenvalue weighted by Gasteiger charge is 2.06. The third-order valence-electron chi connectivity index (χ3n) is 3.74. The van der Waals surface area contributed by atoms with Crippen LogP contribution < -0.4 is 10.1 Å². The van der Waals surface area contributed by atoms with Gasteiger partial charge in [-0.2, -0.15) is 0 Å². The van der Waals surface area contributed by atoms with Crippen molar-refractivity contribution in [2.45, 2.75) is 32.9 Å². The molecule has 2 rings (SSSR count). The van der Waals surface area contributed by atoms with E-state index in [1.54, 1.807) is 6.07 Å². The molecule has 0 amide bonds. The van der Waals surface area contributed by atoms with Crippen molar-refractivity contribution >= 4 is 0 Å². The normalized spacial score (nSPS) is 12.2. The van der Waals surface area contributed by atoms with Crippen molar-refractivity contribution in [2.24, 2.45) is 0 Å². The van der Waals surface area contributed by atoms with Gasteiger partial charge in [-0.15, -0.1) is 0 Å². The van der Waals surface area contributed by atoms with E-state index in [2.05, 4.69) is 24.4 Å². The van der Waals surface area contributed by atoms with Crippen LogP contribution in [0.25, 0.3) is 0 Å². The molecule has 0 saturated carbocycles. The summed E-state index contributed by atoms with van der Waals surface area (Å²) in [5, 5.41) is 3.28. The maximum Gasteiger partial charge on any atom is 0.123 e. The Labute approximate surface area is 126 Å². The third-order valence-corrected chi connectivity index (χ3v) is 3.74. The molecule has 0 aromatic heterocycles. The molecule has 3 heteroatoms. The van der Waals surface area contributed by atoms with Gasteiger partial charge < -0.3 is 10.1 Å². The molecule has 2 nitrogen and oxygen atoms in total. The lowest BCUT2D eigenvalue weighted by molar-refractivity contribution is 0.304. The van der Waals surface area contributed by atoms with Crippen molar-refractivity contribution in [1.82, 2.24) is 5.32 Å². The fraction of sp³-hybridized carbons (Fsp3) is 0.333. The number of nitrogens with one attached hydrogen (secondary N) is 1. The second-order valence-corrected chi connectivity index (χ2v) is 5.18. The standard InChI is InChI=1S/C18H22FNO/c1-4-18(20-3)14-6-9-17(10-7-14)21-12-15-11-16(19)8-5-13(15)2/h5-11,18,20H,4,12H2,1-3H3. The SMILES string of the molecule is CCC(NC)c1ccc(OCc2cc(F)ccc2C)cc1. The number of halogens is 1. The summed E-state index contributed by atoms with van der Waals surface area (Å²) in [5.74, 6) is 0.572. The predicted molar refractivity (Wildman–Crippen MR) is 84.0 cm³/mol. The highest BCUT2D eigenvalue weighted by molar-refractivity contribution is 5.30.